The minimum atomic E-state index is -1.57. The molecule has 316 valence electrons. The molecular formula is C46H79NO8. The van der Waals surface area contributed by atoms with E-state index in [-0.39, 0.29) is 12.5 Å². The van der Waals surface area contributed by atoms with Crippen LogP contribution in [0.1, 0.15) is 155 Å². The average Bonchev–Trinajstić information content (AvgIpc) is 3.18. The molecule has 1 aliphatic rings. The Hall–Kier alpha value is -2.37. The maximum Gasteiger partial charge on any atom is 0.220 e. The van der Waals surface area contributed by atoms with Crippen LogP contribution in [-0.2, 0) is 14.3 Å². The summed E-state index contributed by atoms with van der Waals surface area (Å²) in [5.74, 6) is -0.198. The van der Waals surface area contributed by atoms with Crippen molar-refractivity contribution in [2.75, 3.05) is 13.2 Å². The van der Waals surface area contributed by atoms with Gasteiger partial charge in [0, 0.05) is 6.42 Å². The molecule has 9 nitrogen and oxygen atoms in total. The largest absolute Gasteiger partial charge is 0.394 e. The number of allylic oxidation sites excluding steroid dienone is 11. The van der Waals surface area contributed by atoms with Crippen LogP contribution in [0.25, 0.3) is 0 Å². The number of aliphatic hydroxyl groups is 5. The Labute approximate surface area is 334 Å². The molecule has 0 bridgehead atoms. The summed E-state index contributed by atoms with van der Waals surface area (Å²) in [7, 11) is 0. The van der Waals surface area contributed by atoms with Gasteiger partial charge in [0.15, 0.2) is 6.29 Å². The van der Waals surface area contributed by atoms with Gasteiger partial charge in [-0.25, -0.2) is 0 Å². The number of unbranched alkanes of at least 4 members (excludes halogenated alkanes) is 14. The lowest BCUT2D eigenvalue weighted by Gasteiger charge is -2.40. The summed E-state index contributed by atoms with van der Waals surface area (Å²) in [6.45, 7) is 3.51. The smallest absolute Gasteiger partial charge is 0.220 e. The zero-order valence-corrected chi connectivity index (χ0v) is 34.4. The first-order valence-electron chi connectivity index (χ1n) is 21.7. The number of amides is 1. The molecule has 1 rings (SSSR count). The molecule has 1 saturated heterocycles. The van der Waals surface area contributed by atoms with E-state index in [1.807, 2.05) is 6.08 Å². The Bertz CT molecular complexity index is 1080. The molecule has 7 atom stereocenters. The third-order valence-electron chi connectivity index (χ3n) is 9.75. The van der Waals surface area contributed by atoms with E-state index in [0.717, 1.165) is 70.6 Å². The highest BCUT2D eigenvalue weighted by Crippen LogP contribution is 2.22. The lowest BCUT2D eigenvalue weighted by atomic mass is 9.99. The third kappa shape index (κ3) is 27.0. The van der Waals surface area contributed by atoms with E-state index in [9.17, 15) is 30.3 Å². The number of carbonyl (C=O) groups is 1. The zero-order chi connectivity index (χ0) is 40.2. The summed E-state index contributed by atoms with van der Waals surface area (Å²) in [6.07, 6.45) is 41.3. The third-order valence-corrected chi connectivity index (χ3v) is 9.75. The standard InChI is InChI=1S/C46H79NO8/c1-3-5-7-9-11-12-13-14-15-16-17-18-19-20-21-22-23-24-25-26-27-28-30-32-34-36-42(50)47-39(40(49)35-33-31-29-10-8-6-4-2)38-54-46-45(53)44(52)43(51)41(37-48)55-46/h5,7-8,10-12,14-15,17-18,33,35,39-41,43-46,48-49,51-53H,3-4,6,9,13,16,19-32,34,36-38H2,1-2H3,(H,47,50)/b7-5-,10-8+,12-11-,15-14-,18-17-,35-33+. The minimum Gasteiger partial charge on any atom is -0.394 e. The van der Waals surface area contributed by atoms with Crippen LogP contribution in [-0.4, -0.2) is 87.5 Å². The van der Waals surface area contributed by atoms with Crippen molar-refractivity contribution < 1.29 is 39.8 Å². The fourth-order valence-corrected chi connectivity index (χ4v) is 6.29. The van der Waals surface area contributed by atoms with Gasteiger partial charge in [-0.05, 0) is 64.2 Å². The molecular weight excluding hydrogens is 695 g/mol. The first-order chi connectivity index (χ1) is 26.8. The normalized spacial score (nSPS) is 22.1. The Balaban J connectivity index is 2.21. The van der Waals surface area contributed by atoms with Crippen molar-refractivity contribution in [2.45, 2.75) is 198 Å². The lowest BCUT2D eigenvalue weighted by molar-refractivity contribution is -0.302. The highest BCUT2D eigenvalue weighted by atomic mass is 16.7. The lowest BCUT2D eigenvalue weighted by Crippen LogP contribution is -2.60. The molecule has 1 amide bonds. The van der Waals surface area contributed by atoms with Gasteiger partial charge in [0.25, 0.3) is 0 Å². The molecule has 0 radical (unpaired) electrons. The fraction of sp³-hybridized carbons (Fsp3) is 0.717. The van der Waals surface area contributed by atoms with E-state index in [1.165, 1.54) is 64.2 Å². The minimum absolute atomic E-state index is 0.198. The van der Waals surface area contributed by atoms with E-state index in [0.29, 0.717) is 6.42 Å². The first-order valence-corrected chi connectivity index (χ1v) is 21.7. The molecule has 0 aromatic heterocycles. The summed E-state index contributed by atoms with van der Waals surface area (Å²) in [5.41, 5.74) is 0. The van der Waals surface area contributed by atoms with Crippen LogP contribution in [0.5, 0.6) is 0 Å². The van der Waals surface area contributed by atoms with E-state index >= 15 is 0 Å². The highest BCUT2D eigenvalue weighted by molar-refractivity contribution is 5.76. The van der Waals surface area contributed by atoms with Gasteiger partial charge in [-0.3, -0.25) is 4.79 Å². The molecule has 0 aromatic carbocycles. The number of rotatable bonds is 34. The summed E-state index contributed by atoms with van der Waals surface area (Å²) < 4.78 is 11.1. The van der Waals surface area contributed by atoms with Crippen LogP contribution in [0.15, 0.2) is 72.9 Å². The predicted octanol–water partition coefficient (Wildman–Crippen LogP) is 8.61. The number of carbonyl (C=O) groups excluding carboxylic acids is 1. The van der Waals surface area contributed by atoms with Crippen LogP contribution in [0.3, 0.4) is 0 Å². The zero-order valence-electron chi connectivity index (χ0n) is 34.4. The van der Waals surface area contributed by atoms with Gasteiger partial charge in [0.2, 0.25) is 5.91 Å². The molecule has 0 aromatic rings. The molecule has 6 N–H and O–H groups in total. The van der Waals surface area contributed by atoms with Gasteiger partial charge in [-0.15, -0.1) is 0 Å². The van der Waals surface area contributed by atoms with Gasteiger partial charge in [-0.2, -0.15) is 0 Å². The van der Waals surface area contributed by atoms with Crippen LogP contribution < -0.4 is 5.32 Å². The number of aliphatic hydroxyl groups excluding tert-OH is 5. The van der Waals surface area contributed by atoms with Crippen LogP contribution in [0, 0.1) is 0 Å². The van der Waals surface area contributed by atoms with Crippen molar-refractivity contribution in [1.82, 2.24) is 5.32 Å². The van der Waals surface area contributed by atoms with Gasteiger partial charge < -0.3 is 40.3 Å². The van der Waals surface area contributed by atoms with Crippen molar-refractivity contribution >= 4 is 5.91 Å². The predicted molar refractivity (Wildman–Crippen MR) is 225 cm³/mol. The van der Waals surface area contributed by atoms with Crippen molar-refractivity contribution in [3.63, 3.8) is 0 Å². The molecule has 9 heteroatoms. The number of hydrogen-bond donors (Lipinski definition) is 6. The highest BCUT2D eigenvalue weighted by Gasteiger charge is 2.44. The SMILES string of the molecule is CC/C=C\C/C=C\C/C=C\C/C=C\CCCCCCCCCCCCCCC(=O)NC(COC1OC(CO)C(O)C(O)C1O)C(O)/C=C/CC/C=C/CCC. The van der Waals surface area contributed by atoms with E-state index in [1.54, 1.807) is 6.08 Å². The van der Waals surface area contributed by atoms with Crippen LogP contribution in [0.4, 0.5) is 0 Å². The molecule has 0 saturated carbocycles. The quantitative estimate of drug-likeness (QED) is 0.0281. The summed E-state index contributed by atoms with van der Waals surface area (Å²) >= 11 is 0. The maximum absolute atomic E-state index is 12.9. The summed E-state index contributed by atoms with van der Waals surface area (Å²) in [5, 5.41) is 53.8. The molecule has 55 heavy (non-hydrogen) atoms. The van der Waals surface area contributed by atoms with E-state index in [4.69, 9.17) is 9.47 Å². The van der Waals surface area contributed by atoms with E-state index < -0.39 is 49.5 Å². The molecule has 1 fully saturated rings. The molecule has 1 heterocycles. The van der Waals surface area contributed by atoms with Gasteiger partial charge in [0.1, 0.15) is 24.4 Å². The van der Waals surface area contributed by atoms with E-state index in [2.05, 4.69) is 79.9 Å². The van der Waals surface area contributed by atoms with Crippen molar-refractivity contribution in [2.24, 2.45) is 0 Å². The van der Waals surface area contributed by atoms with Gasteiger partial charge in [-0.1, -0.05) is 157 Å². The second kappa shape index (κ2) is 36.0. The molecule has 7 unspecified atom stereocenters. The monoisotopic (exact) mass is 774 g/mol. The molecule has 0 spiro atoms. The van der Waals surface area contributed by atoms with Crippen LogP contribution in [0.2, 0.25) is 0 Å². The topological polar surface area (TPSA) is 149 Å². The number of hydrogen-bond acceptors (Lipinski definition) is 8. The molecule has 1 aliphatic heterocycles. The van der Waals surface area contributed by atoms with Crippen molar-refractivity contribution in [3.05, 3.63) is 72.9 Å². The first kappa shape index (κ1) is 50.6. The summed E-state index contributed by atoms with van der Waals surface area (Å²) in [6, 6.07) is -0.822. The Morgan fingerprint density at radius 3 is 1.73 bits per heavy atom. The average molecular weight is 774 g/mol. The number of ether oxygens (including phenoxy) is 2. The number of nitrogens with one attached hydrogen (secondary N) is 1. The summed E-state index contributed by atoms with van der Waals surface area (Å²) in [4.78, 5) is 12.9. The Morgan fingerprint density at radius 2 is 1.15 bits per heavy atom. The van der Waals surface area contributed by atoms with Crippen LogP contribution >= 0.6 is 0 Å². The Kier molecular flexibility index (Phi) is 33.2. The van der Waals surface area contributed by atoms with Gasteiger partial charge >= 0.3 is 0 Å². The Morgan fingerprint density at radius 1 is 0.636 bits per heavy atom. The van der Waals surface area contributed by atoms with Crippen molar-refractivity contribution in [1.29, 1.82) is 0 Å². The second-order valence-corrected chi connectivity index (χ2v) is 14.7. The van der Waals surface area contributed by atoms with Gasteiger partial charge in [0.05, 0.1) is 25.4 Å². The second-order valence-electron chi connectivity index (χ2n) is 14.7. The molecule has 0 aliphatic carbocycles. The van der Waals surface area contributed by atoms with Crippen molar-refractivity contribution in [3.8, 4) is 0 Å². The maximum atomic E-state index is 12.9. The fourth-order valence-electron chi connectivity index (χ4n) is 6.29.